The molecule has 24 heavy (non-hydrogen) atoms. The van der Waals surface area contributed by atoms with Crippen molar-refractivity contribution in [3.05, 3.63) is 44.7 Å². The van der Waals surface area contributed by atoms with Crippen LogP contribution in [0, 0.1) is 6.92 Å². The summed E-state index contributed by atoms with van der Waals surface area (Å²) in [4.78, 5) is 12.2. The van der Waals surface area contributed by atoms with Gasteiger partial charge < -0.3 is 4.74 Å². The zero-order chi connectivity index (χ0) is 18.2. The summed E-state index contributed by atoms with van der Waals surface area (Å²) in [5.74, 6) is 0.344. The van der Waals surface area contributed by atoms with Crippen molar-refractivity contribution in [3.8, 4) is 17.0 Å². The molecule has 2 aromatic rings. The molecular formula is C16H16ClF3N2O2. The van der Waals surface area contributed by atoms with E-state index in [0.29, 0.717) is 32.6 Å². The first-order chi connectivity index (χ1) is 11.0. The van der Waals surface area contributed by atoms with E-state index in [9.17, 15) is 18.0 Å². The molecule has 0 unspecified atom stereocenters. The van der Waals surface area contributed by atoms with Gasteiger partial charge in [-0.25, -0.2) is 0 Å². The van der Waals surface area contributed by atoms with E-state index in [1.807, 2.05) is 13.8 Å². The summed E-state index contributed by atoms with van der Waals surface area (Å²) in [7, 11) is 1.14. The molecule has 0 aliphatic heterocycles. The Morgan fingerprint density at radius 3 is 2.42 bits per heavy atom. The highest BCUT2D eigenvalue weighted by atomic mass is 35.5. The molecule has 0 radical (unpaired) electrons. The van der Waals surface area contributed by atoms with Crippen molar-refractivity contribution in [3.63, 3.8) is 0 Å². The van der Waals surface area contributed by atoms with Crippen molar-refractivity contribution in [2.45, 2.75) is 33.1 Å². The third-order valence-electron chi connectivity index (χ3n) is 3.29. The van der Waals surface area contributed by atoms with Crippen molar-refractivity contribution in [2.75, 3.05) is 0 Å². The molecule has 0 saturated carbocycles. The summed E-state index contributed by atoms with van der Waals surface area (Å²) in [6.45, 7) is 5.32. The zero-order valence-electron chi connectivity index (χ0n) is 13.5. The van der Waals surface area contributed by atoms with Gasteiger partial charge in [-0.1, -0.05) is 11.6 Å². The summed E-state index contributed by atoms with van der Waals surface area (Å²) in [5.41, 5.74) is -1.03. The highest BCUT2D eigenvalue weighted by Gasteiger charge is 2.34. The maximum absolute atomic E-state index is 12.9. The van der Waals surface area contributed by atoms with Gasteiger partial charge in [-0.3, -0.25) is 9.48 Å². The second-order valence-electron chi connectivity index (χ2n) is 5.63. The first kappa shape index (κ1) is 18.3. The first-order valence-electron chi connectivity index (χ1n) is 7.13. The molecule has 0 aliphatic rings. The Morgan fingerprint density at radius 2 is 1.88 bits per heavy atom. The lowest BCUT2D eigenvalue weighted by atomic mass is 10.0. The average Bonchev–Trinajstić information content (AvgIpc) is 2.42. The molecule has 0 aliphatic carbocycles. The van der Waals surface area contributed by atoms with Gasteiger partial charge in [0.2, 0.25) is 5.43 Å². The van der Waals surface area contributed by atoms with Crippen LogP contribution in [0.15, 0.2) is 23.0 Å². The number of hydrogen-bond acceptors (Lipinski definition) is 3. The number of ether oxygens (including phenoxy) is 1. The topological polar surface area (TPSA) is 44.1 Å². The van der Waals surface area contributed by atoms with Crippen LogP contribution in [-0.4, -0.2) is 15.9 Å². The van der Waals surface area contributed by atoms with Gasteiger partial charge in [-0.05, 0) is 38.5 Å². The highest BCUT2D eigenvalue weighted by Crippen LogP contribution is 2.33. The van der Waals surface area contributed by atoms with Crippen LogP contribution in [0.1, 0.15) is 25.1 Å². The van der Waals surface area contributed by atoms with Crippen molar-refractivity contribution >= 4 is 11.6 Å². The van der Waals surface area contributed by atoms with Gasteiger partial charge in [0, 0.05) is 18.7 Å². The summed E-state index contributed by atoms with van der Waals surface area (Å²) < 4.78 is 44.8. The van der Waals surface area contributed by atoms with E-state index >= 15 is 0 Å². The summed E-state index contributed by atoms with van der Waals surface area (Å²) >= 11 is 6.11. The van der Waals surface area contributed by atoms with E-state index < -0.39 is 17.3 Å². The lowest BCUT2D eigenvalue weighted by Gasteiger charge is -2.16. The minimum Gasteiger partial charge on any atom is -0.489 e. The first-order valence-corrected chi connectivity index (χ1v) is 7.51. The van der Waals surface area contributed by atoms with Crippen molar-refractivity contribution in [1.82, 2.24) is 9.78 Å². The maximum Gasteiger partial charge on any atom is 0.433 e. The van der Waals surface area contributed by atoms with Crippen molar-refractivity contribution in [1.29, 1.82) is 0 Å². The van der Waals surface area contributed by atoms with Crippen molar-refractivity contribution < 1.29 is 17.9 Å². The molecule has 0 spiro atoms. The van der Waals surface area contributed by atoms with Gasteiger partial charge in [-0.2, -0.15) is 18.3 Å². The Morgan fingerprint density at radius 1 is 1.25 bits per heavy atom. The van der Waals surface area contributed by atoms with Gasteiger partial charge >= 0.3 is 6.18 Å². The van der Waals surface area contributed by atoms with Crippen molar-refractivity contribution in [2.24, 2.45) is 7.05 Å². The van der Waals surface area contributed by atoms with Crippen LogP contribution in [0.4, 0.5) is 13.2 Å². The fraction of sp³-hybridized carbons (Fsp3) is 0.375. The van der Waals surface area contributed by atoms with Crippen LogP contribution < -0.4 is 10.2 Å². The van der Waals surface area contributed by atoms with Gasteiger partial charge in [0.25, 0.3) is 0 Å². The molecule has 0 N–H and O–H groups in total. The normalized spacial score (nSPS) is 11.9. The minimum absolute atomic E-state index is 0.0896. The van der Waals surface area contributed by atoms with Gasteiger partial charge in [0.05, 0.1) is 11.1 Å². The average molecular weight is 361 g/mol. The molecule has 4 nitrogen and oxygen atoms in total. The molecule has 0 atom stereocenters. The Kier molecular flexibility index (Phi) is 4.94. The van der Waals surface area contributed by atoms with Crippen LogP contribution in [0.2, 0.25) is 5.02 Å². The highest BCUT2D eigenvalue weighted by molar-refractivity contribution is 6.32. The standard InChI is InChI=1S/C16H16ClF3N2O2/c1-8(2)24-13-6-10(9(3)5-11(13)17)15-12(23)7-14(16(18,19)20)22(4)21-15/h5-8H,1-4H3. The summed E-state index contributed by atoms with van der Waals surface area (Å²) in [6, 6.07) is 3.65. The van der Waals surface area contributed by atoms with E-state index in [-0.39, 0.29) is 11.8 Å². The third kappa shape index (κ3) is 3.72. The maximum atomic E-state index is 12.9. The second kappa shape index (κ2) is 6.47. The van der Waals surface area contributed by atoms with Gasteiger partial charge in [0.1, 0.15) is 17.1 Å². The predicted octanol–water partition coefficient (Wildman–Crippen LogP) is 4.22. The molecule has 1 heterocycles. The zero-order valence-corrected chi connectivity index (χ0v) is 14.3. The molecule has 0 bridgehead atoms. The lowest BCUT2D eigenvalue weighted by Crippen LogP contribution is -2.22. The number of rotatable bonds is 3. The number of benzene rings is 1. The van der Waals surface area contributed by atoms with E-state index in [0.717, 1.165) is 7.05 Å². The van der Waals surface area contributed by atoms with Crippen LogP contribution in [0.5, 0.6) is 5.75 Å². The molecule has 1 aromatic carbocycles. The lowest BCUT2D eigenvalue weighted by molar-refractivity contribution is -0.144. The number of aryl methyl sites for hydroxylation is 2. The number of nitrogens with zero attached hydrogens (tertiary/aromatic N) is 2. The number of halogens is 4. The molecule has 8 heteroatoms. The third-order valence-corrected chi connectivity index (χ3v) is 3.58. The number of aromatic nitrogens is 2. The predicted molar refractivity (Wildman–Crippen MR) is 85.4 cm³/mol. The Hall–Kier alpha value is -2.02. The molecule has 0 fully saturated rings. The number of alkyl halides is 3. The largest absolute Gasteiger partial charge is 0.489 e. The van der Waals surface area contributed by atoms with Gasteiger partial charge in [-0.15, -0.1) is 0 Å². The smallest absolute Gasteiger partial charge is 0.433 e. The fourth-order valence-corrected chi connectivity index (χ4v) is 2.51. The van der Waals surface area contributed by atoms with E-state index in [4.69, 9.17) is 16.3 Å². The van der Waals surface area contributed by atoms with Crippen LogP contribution in [0.3, 0.4) is 0 Å². The van der Waals surface area contributed by atoms with E-state index in [1.54, 1.807) is 13.0 Å². The molecular weight excluding hydrogens is 345 g/mol. The Balaban J connectivity index is 2.64. The van der Waals surface area contributed by atoms with E-state index in [2.05, 4.69) is 5.10 Å². The monoisotopic (exact) mass is 360 g/mol. The van der Waals surface area contributed by atoms with Gasteiger partial charge in [0.15, 0.2) is 0 Å². The molecule has 2 rings (SSSR count). The molecule has 0 amide bonds. The fourth-order valence-electron chi connectivity index (χ4n) is 2.24. The number of hydrogen-bond donors (Lipinski definition) is 0. The molecule has 0 saturated heterocycles. The minimum atomic E-state index is -4.65. The Labute approximate surface area is 141 Å². The van der Waals surface area contributed by atoms with Crippen LogP contribution in [0.25, 0.3) is 11.3 Å². The van der Waals surface area contributed by atoms with E-state index in [1.165, 1.54) is 6.07 Å². The SMILES string of the molecule is Cc1cc(Cl)c(OC(C)C)cc1-c1nn(C)c(C(F)(F)F)cc1=O. The Bertz CT molecular complexity index is 829. The molecule has 130 valence electrons. The quantitative estimate of drug-likeness (QED) is 0.823. The second-order valence-corrected chi connectivity index (χ2v) is 6.04. The van der Waals surface area contributed by atoms with Crippen LogP contribution in [-0.2, 0) is 13.2 Å². The molecule has 1 aromatic heterocycles. The summed E-state index contributed by atoms with van der Waals surface area (Å²) in [5, 5.41) is 4.16. The summed E-state index contributed by atoms with van der Waals surface area (Å²) in [6.07, 6.45) is -4.80. The van der Waals surface area contributed by atoms with Crippen LogP contribution >= 0.6 is 11.6 Å².